The Morgan fingerprint density at radius 1 is 0.735 bits per heavy atom. The quantitative estimate of drug-likeness (QED) is 0.0962. The van der Waals surface area contributed by atoms with Crippen molar-refractivity contribution in [2.45, 2.75) is 45.4 Å². The Labute approximate surface area is 228 Å². The molecule has 0 radical (unpaired) electrons. The highest BCUT2D eigenvalue weighted by Crippen LogP contribution is 2.36. The smallest absolute Gasteiger partial charge is 0.138 e. The number of unbranched alkanes of at least 4 members (excludes halogenated alkanes) is 5. The average molecular weight is 674 g/mol. The summed E-state index contributed by atoms with van der Waals surface area (Å²) >= 11 is 4.76. The molecule has 4 aromatic carbocycles. The first-order valence-electron chi connectivity index (χ1n) is 12.1. The zero-order valence-electron chi connectivity index (χ0n) is 19.3. The molecule has 0 unspecified atom stereocenters. The fraction of sp³-hybridized carbons (Fsp3) is 0.276. The van der Waals surface area contributed by atoms with Crippen molar-refractivity contribution in [3.8, 4) is 17.1 Å². The summed E-state index contributed by atoms with van der Waals surface area (Å²) < 4.78 is 8.41. The van der Waals surface area contributed by atoms with Crippen molar-refractivity contribution >= 4 is 77.8 Å². The lowest BCUT2D eigenvalue weighted by Gasteiger charge is -2.07. The van der Waals surface area contributed by atoms with Gasteiger partial charge in [-0.3, -0.25) is 0 Å². The first kappa shape index (κ1) is 23.9. The molecule has 3 nitrogen and oxygen atoms in total. The number of aromatic nitrogens is 2. The van der Waals surface area contributed by atoms with Crippen LogP contribution in [0.5, 0.6) is 5.75 Å². The molecule has 0 aliphatic carbocycles. The number of halogens is 2. The van der Waals surface area contributed by atoms with Gasteiger partial charge in [0, 0.05) is 23.5 Å². The monoisotopic (exact) mass is 674 g/mol. The third-order valence-corrected chi connectivity index (χ3v) is 7.72. The Morgan fingerprint density at radius 3 is 2.12 bits per heavy atom. The topological polar surface area (TPSA) is 37.9 Å². The van der Waals surface area contributed by atoms with E-state index in [1.807, 2.05) is 0 Å². The number of fused-ring (bicyclic) bond motifs is 6. The summed E-state index contributed by atoms with van der Waals surface area (Å²) in [6, 6.07) is 21.6. The van der Waals surface area contributed by atoms with E-state index < -0.39 is 0 Å². The highest BCUT2D eigenvalue weighted by Gasteiger charge is 2.14. The molecule has 5 rings (SSSR count). The van der Waals surface area contributed by atoms with Crippen LogP contribution in [0.4, 0.5) is 0 Å². The van der Waals surface area contributed by atoms with Gasteiger partial charge < -0.3 is 9.72 Å². The predicted molar refractivity (Wildman–Crippen MR) is 161 cm³/mol. The normalized spacial score (nSPS) is 11.6. The fourth-order valence-corrected chi connectivity index (χ4v) is 5.57. The highest BCUT2D eigenvalue weighted by molar-refractivity contribution is 14.1. The number of nitrogens with zero attached hydrogens (tertiary/aromatic N) is 1. The van der Waals surface area contributed by atoms with Gasteiger partial charge >= 0.3 is 0 Å². The van der Waals surface area contributed by atoms with Crippen LogP contribution in [-0.4, -0.2) is 16.6 Å². The van der Waals surface area contributed by atoms with Crippen LogP contribution in [0.3, 0.4) is 0 Å². The molecular weight excluding hydrogens is 646 g/mol. The van der Waals surface area contributed by atoms with Gasteiger partial charge in [-0.15, -0.1) is 0 Å². The van der Waals surface area contributed by atoms with E-state index in [2.05, 4.69) is 118 Å². The number of aromatic amines is 1. The Hall–Kier alpha value is -1.87. The van der Waals surface area contributed by atoms with Crippen molar-refractivity contribution in [2.24, 2.45) is 0 Å². The molecule has 174 valence electrons. The second-order valence-corrected chi connectivity index (χ2v) is 11.3. The number of ether oxygens (including phenoxy) is 1. The summed E-state index contributed by atoms with van der Waals surface area (Å²) in [6.45, 7) is 3.04. The average Bonchev–Trinajstić information content (AvgIpc) is 3.30. The molecular formula is C29H28I2N2O. The fourth-order valence-electron chi connectivity index (χ4n) is 4.59. The van der Waals surface area contributed by atoms with E-state index in [4.69, 9.17) is 9.72 Å². The second kappa shape index (κ2) is 10.8. The number of rotatable bonds is 9. The van der Waals surface area contributed by atoms with Crippen LogP contribution in [-0.2, 0) is 0 Å². The third-order valence-electron chi connectivity index (χ3n) is 6.38. The molecule has 1 heterocycles. The molecule has 1 N–H and O–H groups in total. The molecule has 0 amide bonds. The van der Waals surface area contributed by atoms with Gasteiger partial charge in [-0.2, -0.15) is 0 Å². The van der Waals surface area contributed by atoms with Crippen LogP contribution in [0.2, 0.25) is 0 Å². The van der Waals surface area contributed by atoms with E-state index in [0.29, 0.717) is 0 Å². The zero-order chi connectivity index (χ0) is 23.5. The Balaban J connectivity index is 1.42. The molecule has 0 bridgehead atoms. The molecule has 0 saturated heterocycles. The lowest BCUT2D eigenvalue weighted by atomic mass is 10.0. The minimum absolute atomic E-state index is 0.783. The summed E-state index contributed by atoms with van der Waals surface area (Å²) in [4.78, 5) is 8.70. The first-order chi connectivity index (χ1) is 16.6. The van der Waals surface area contributed by atoms with E-state index in [-0.39, 0.29) is 0 Å². The van der Waals surface area contributed by atoms with Gasteiger partial charge in [-0.25, -0.2) is 4.98 Å². The number of benzene rings is 4. The molecule has 0 aliphatic rings. The highest BCUT2D eigenvalue weighted by atomic mass is 127. The van der Waals surface area contributed by atoms with Crippen molar-refractivity contribution in [1.82, 2.24) is 9.97 Å². The second-order valence-electron chi connectivity index (χ2n) is 8.83. The first-order valence-corrected chi connectivity index (χ1v) is 14.2. The minimum Gasteiger partial charge on any atom is -0.494 e. The Bertz CT molecular complexity index is 1360. The van der Waals surface area contributed by atoms with Crippen LogP contribution in [0, 0.1) is 7.14 Å². The van der Waals surface area contributed by atoms with E-state index in [9.17, 15) is 0 Å². The van der Waals surface area contributed by atoms with E-state index >= 15 is 0 Å². The molecule has 0 saturated carbocycles. The van der Waals surface area contributed by atoms with Crippen LogP contribution in [0.25, 0.3) is 44.0 Å². The zero-order valence-corrected chi connectivity index (χ0v) is 23.6. The van der Waals surface area contributed by atoms with Gasteiger partial charge in [0.2, 0.25) is 0 Å². The maximum atomic E-state index is 5.97. The molecule has 5 heteroatoms. The van der Waals surface area contributed by atoms with Gasteiger partial charge in [0.1, 0.15) is 11.6 Å². The van der Waals surface area contributed by atoms with Crippen molar-refractivity contribution in [3.05, 3.63) is 67.8 Å². The van der Waals surface area contributed by atoms with Gasteiger partial charge in [0.15, 0.2) is 0 Å². The maximum Gasteiger partial charge on any atom is 0.138 e. The van der Waals surface area contributed by atoms with Gasteiger partial charge in [-0.1, -0.05) is 51.2 Å². The summed E-state index contributed by atoms with van der Waals surface area (Å²) in [5.74, 6) is 1.82. The molecule has 5 aromatic rings. The number of H-pyrrole nitrogens is 1. The summed E-state index contributed by atoms with van der Waals surface area (Å²) in [7, 11) is 0. The lowest BCUT2D eigenvalue weighted by molar-refractivity contribution is 0.304. The van der Waals surface area contributed by atoms with Crippen LogP contribution >= 0.6 is 45.2 Å². The molecule has 34 heavy (non-hydrogen) atoms. The molecule has 0 spiro atoms. The number of nitrogens with one attached hydrogen (secondary N) is 1. The maximum absolute atomic E-state index is 5.97. The van der Waals surface area contributed by atoms with Crippen molar-refractivity contribution < 1.29 is 4.74 Å². The summed E-state index contributed by atoms with van der Waals surface area (Å²) in [5.41, 5.74) is 3.20. The molecule has 1 aromatic heterocycles. The van der Waals surface area contributed by atoms with Crippen molar-refractivity contribution in [3.63, 3.8) is 0 Å². The summed E-state index contributed by atoms with van der Waals surface area (Å²) in [6.07, 6.45) is 7.65. The standard InChI is InChI=1S/C29H28I2N2O/c1-2-3-4-5-6-7-16-34-22-12-8-19(9-13-22)29-32-27-25-17-20(30)10-14-23(25)24-15-11-21(31)18-26(24)28(27)33-29/h8-15,17-18H,2-7,16H2,1H3,(H,32,33). The van der Waals surface area contributed by atoms with E-state index in [1.165, 1.54) is 60.8 Å². The summed E-state index contributed by atoms with van der Waals surface area (Å²) in [5, 5.41) is 4.91. The number of hydrogen-bond donors (Lipinski definition) is 1. The predicted octanol–water partition coefficient (Wildman–Crippen LogP) is 9.48. The lowest BCUT2D eigenvalue weighted by Crippen LogP contribution is -1.97. The third kappa shape index (κ3) is 5.05. The largest absolute Gasteiger partial charge is 0.494 e. The van der Waals surface area contributed by atoms with Crippen LogP contribution in [0.15, 0.2) is 60.7 Å². The number of hydrogen-bond acceptors (Lipinski definition) is 2. The van der Waals surface area contributed by atoms with Gasteiger partial charge in [0.05, 0.1) is 17.6 Å². The number of imidazole rings is 1. The minimum atomic E-state index is 0.783. The molecule has 0 fully saturated rings. The Kier molecular flexibility index (Phi) is 7.58. The van der Waals surface area contributed by atoms with Crippen LogP contribution in [0.1, 0.15) is 45.4 Å². The molecule has 0 aliphatic heterocycles. The van der Waals surface area contributed by atoms with E-state index in [1.54, 1.807) is 0 Å². The Morgan fingerprint density at radius 2 is 1.38 bits per heavy atom. The SMILES string of the molecule is CCCCCCCCOc1ccc(-c2nc3c4cc(I)ccc4c4ccc(I)cc4c3[nH]2)cc1. The van der Waals surface area contributed by atoms with Crippen molar-refractivity contribution in [2.75, 3.05) is 6.61 Å². The van der Waals surface area contributed by atoms with Crippen LogP contribution < -0.4 is 4.74 Å². The molecule has 0 atom stereocenters. The van der Waals surface area contributed by atoms with Crippen molar-refractivity contribution in [1.29, 1.82) is 0 Å². The van der Waals surface area contributed by atoms with Gasteiger partial charge in [0.25, 0.3) is 0 Å². The van der Waals surface area contributed by atoms with Gasteiger partial charge in [-0.05, 0) is 111 Å². The van der Waals surface area contributed by atoms with E-state index in [0.717, 1.165) is 41.2 Å².